The third-order valence-corrected chi connectivity index (χ3v) is 7.75. The Morgan fingerprint density at radius 3 is 1.11 bits per heavy atom. The van der Waals surface area contributed by atoms with Crippen LogP contribution in [0.3, 0.4) is 0 Å². The Kier molecular flexibility index (Phi) is 30.2. The van der Waals surface area contributed by atoms with E-state index < -0.39 is 0 Å². The normalized spacial score (nSPS) is 12.2. The largest absolute Gasteiger partial charge is 0.394 e. The molecule has 3 heteroatoms. The van der Waals surface area contributed by atoms with Gasteiger partial charge in [0.05, 0.1) is 12.6 Å². The van der Waals surface area contributed by atoms with E-state index in [0.29, 0.717) is 6.42 Å². The molecule has 0 bridgehead atoms. The highest BCUT2D eigenvalue weighted by atomic mass is 16.3. The van der Waals surface area contributed by atoms with Gasteiger partial charge < -0.3 is 10.4 Å². The predicted octanol–water partition coefficient (Wildman–Crippen LogP) is 10.4. The van der Waals surface area contributed by atoms with Crippen LogP contribution in [0.25, 0.3) is 0 Å². The molecule has 1 atom stereocenters. The van der Waals surface area contributed by atoms with Crippen molar-refractivity contribution in [2.75, 3.05) is 6.61 Å². The van der Waals surface area contributed by atoms with Crippen molar-refractivity contribution in [3.63, 3.8) is 0 Å². The Labute approximate surface area is 227 Å². The predicted molar refractivity (Wildman–Crippen MR) is 160 cm³/mol. The summed E-state index contributed by atoms with van der Waals surface area (Å²) in [4.78, 5) is 12.0. The minimum atomic E-state index is -0.0492. The van der Waals surface area contributed by atoms with E-state index in [2.05, 4.69) is 19.2 Å². The van der Waals surface area contributed by atoms with Gasteiger partial charge in [0.15, 0.2) is 0 Å². The van der Waals surface area contributed by atoms with E-state index in [1.165, 1.54) is 141 Å². The van der Waals surface area contributed by atoms with Gasteiger partial charge in [0, 0.05) is 6.42 Å². The summed E-state index contributed by atoms with van der Waals surface area (Å²) in [6, 6.07) is -0.0492. The van der Waals surface area contributed by atoms with Gasteiger partial charge in [-0.2, -0.15) is 0 Å². The Balaban J connectivity index is 3.18. The Hall–Kier alpha value is -0.570. The molecule has 0 fully saturated rings. The molecule has 0 saturated carbocycles. The molecule has 0 aromatic carbocycles. The minimum Gasteiger partial charge on any atom is -0.394 e. The third kappa shape index (κ3) is 28.0. The molecule has 3 nitrogen and oxygen atoms in total. The number of amides is 1. The Morgan fingerprint density at radius 1 is 0.500 bits per heavy atom. The molecule has 2 N–H and O–H groups in total. The molecule has 0 aliphatic heterocycles. The maximum Gasteiger partial charge on any atom is 0.220 e. The van der Waals surface area contributed by atoms with Crippen molar-refractivity contribution in [2.24, 2.45) is 0 Å². The van der Waals surface area contributed by atoms with Gasteiger partial charge in [0.25, 0.3) is 0 Å². The second kappa shape index (κ2) is 30.7. The van der Waals surface area contributed by atoms with E-state index in [1.54, 1.807) is 0 Å². The van der Waals surface area contributed by atoms with Crippen molar-refractivity contribution in [1.29, 1.82) is 0 Å². The number of aliphatic hydroxyl groups is 1. The number of nitrogens with one attached hydrogen (secondary N) is 1. The number of hydrogen-bond acceptors (Lipinski definition) is 2. The van der Waals surface area contributed by atoms with Crippen LogP contribution in [0.15, 0.2) is 0 Å². The van der Waals surface area contributed by atoms with Gasteiger partial charge in [-0.05, 0) is 12.8 Å². The fourth-order valence-electron chi connectivity index (χ4n) is 5.21. The molecule has 0 aromatic heterocycles. The lowest BCUT2D eigenvalue weighted by Crippen LogP contribution is -2.37. The van der Waals surface area contributed by atoms with Gasteiger partial charge in [-0.25, -0.2) is 0 Å². The quantitative estimate of drug-likeness (QED) is 0.0946. The molecule has 36 heavy (non-hydrogen) atoms. The van der Waals surface area contributed by atoms with Crippen LogP contribution in [0.5, 0.6) is 0 Å². The molecule has 0 spiro atoms. The van der Waals surface area contributed by atoms with Gasteiger partial charge in [0.1, 0.15) is 0 Å². The summed E-state index contributed by atoms with van der Waals surface area (Å²) in [7, 11) is 0. The maximum atomic E-state index is 12.0. The summed E-state index contributed by atoms with van der Waals surface area (Å²) in [5.74, 6) is 0.115. The fraction of sp³-hybridized carbons (Fsp3) is 0.970. The van der Waals surface area contributed by atoms with Gasteiger partial charge >= 0.3 is 0 Å². The third-order valence-electron chi connectivity index (χ3n) is 7.75. The van der Waals surface area contributed by atoms with E-state index in [-0.39, 0.29) is 18.6 Å². The van der Waals surface area contributed by atoms with Crippen LogP contribution in [0, 0.1) is 0 Å². The van der Waals surface area contributed by atoms with Crippen LogP contribution >= 0.6 is 0 Å². The van der Waals surface area contributed by atoms with Crippen molar-refractivity contribution in [3.05, 3.63) is 0 Å². The molecule has 0 heterocycles. The zero-order valence-electron chi connectivity index (χ0n) is 24.9. The summed E-state index contributed by atoms with van der Waals surface area (Å²) in [5.41, 5.74) is 0. The number of unbranched alkanes of at least 4 members (excludes halogenated alkanes) is 24. The standard InChI is InChI=1S/C33H67NO2/c1-3-5-7-8-9-10-11-12-13-14-15-16-17-18-19-20-21-22-23-24-25-26-27-28-30-33(36)34-32(31-35)29-6-4-2/h32,35H,3-31H2,1-2H3,(H,34,36). The van der Waals surface area contributed by atoms with Crippen LogP contribution in [-0.4, -0.2) is 23.7 Å². The number of aliphatic hydroxyl groups excluding tert-OH is 1. The molecule has 0 aromatic rings. The minimum absolute atomic E-state index is 0.0492. The van der Waals surface area contributed by atoms with E-state index in [1.807, 2.05) is 0 Å². The average molecular weight is 510 g/mol. The molecule has 1 amide bonds. The van der Waals surface area contributed by atoms with Crippen LogP contribution in [-0.2, 0) is 4.79 Å². The zero-order chi connectivity index (χ0) is 26.4. The van der Waals surface area contributed by atoms with Gasteiger partial charge in [-0.1, -0.05) is 174 Å². The maximum absolute atomic E-state index is 12.0. The summed E-state index contributed by atoms with van der Waals surface area (Å²) in [5, 5.41) is 12.3. The van der Waals surface area contributed by atoms with Crippen molar-refractivity contribution in [2.45, 2.75) is 200 Å². The molecular weight excluding hydrogens is 442 g/mol. The highest BCUT2D eigenvalue weighted by Crippen LogP contribution is 2.15. The molecule has 1 unspecified atom stereocenters. The Bertz CT molecular complexity index is 426. The highest BCUT2D eigenvalue weighted by molar-refractivity contribution is 5.76. The molecule has 0 radical (unpaired) electrons. The lowest BCUT2D eigenvalue weighted by molar-refractivity contribution is -0.122. The van der Waals surface area contributed by atoms with E-state index in [4.69, 9.17) is 0 Å². The second-order valence-corrected chi connectivity index (χ2v) is 11.5. The van der Waals surface area contributed by atoms with Gasteiger partial charge in [-0.15, -0.1) is 0 Å². The van der Waals surface area contributed by atoms with Crippen molar-refractivity contribution >= 4 is 5.91 Å². The SMILES string of the molecule is CCCCCCCCCCCCCCCCCCCCCCCCCCC(=O)NC(CO)CCCC. The first-order valence-electron chi connectivity index (χ1n) is 16.6. The molecule has 216 valence electrons. The van der Waals surface area contributed by atoms with E-state index >= 15 is 0 Å². The molecule has 0 aliphatic carbocycles. The second-order valence-electron chi connectivity index (χ2n) is 11.5. The first kappa shape index (κ1) is 35.4. The molecule has 0 saturated heterocycles. The lowest BCUT2D eigenvalue weighted by atomic mass is 10.0. The molecular formula is C33H67NO2. The summed E-state index contributed by atoms with van der Waals surface area (Å²) in [6.45, 7) is 4.49. The lowest BCUT2D eigenvalue weighted by Gasteiger charge is -2.15. The average Bonchev–Trinajstić information content (AvgIpc) is 2.89. The van der Waals surface area contributed by atoms with E-state index in [9.17, 15) is 9.90 Å². The zero-order valence-corrected chi connectivity index (χ0v) is 24.9. The highest BCUT2D eigenvalue weighted by Gasteiger charge is 2.10. The van der Waals surface area contributed by atoms with Crippen LogP contribution in [0.4, 0.5) is 0 Å². The molecule has 0 aliphatic rings. The van der Waals surface area contributed by atoms with Crippen molar-refractivity contribution in [1.82, 2.24) is 5.32 Å². The first-order chi connectivity index (χ1) is 17.7. The number of hydrogen-bond donors (Lipinski definition) is 2. The number of carbonyl (C=O) groups is 1. The van der Waals surface area contributed by atoms with E-state index in [0.717, 1.165) is 32.1 Å². The summed E-state index contributed by atoms with van der Waals surface area (Å²) in [6.07, 6.45) is 37.1. The monoisotopic (exact) mass is 510 g/mol. The summed E-state index contributed by atoms with van der Waals surface area (Å²) < 4.78 is 0. The van der Waals surface area contributed by atoms with Gasteiger partial charge in [-0.3, -0.25) is 4.79 Å². The van der Waals surface area contributed by atoms with Crippen LogP contribution in [0.1, 0.15) is 194 Å². The molecule has 0 rings (SSSR count). The van der Waals surface area contributed by atoms with Crippen molar-refractivity contribution < 1.29 is 9.90 Å². The van der Waals surface area contributed by atoms with Crippen LogP contribution in [0.2, 0.25) is 0 Å². The Morgan fingerprint density at radius 2 is 0.806 bits per heavy atom. The van der Waals surface area contributed by atoms with Crippen LogP contribution < -0.4 is 5.32 Å². The smallest absolute Gasteiger partial charge is 0.220 e. The summed E-state index contributed by atoms with van der Waals surface area (Å²) >= 11 is 0. The first-order valence-corrected chi connectivity index (χ1v) is 16.6. The van der Waals surface area contributed by atoms with Crippen molar-refractivity contribution in [3.8, 4) is 0 Å². The van der Waals surface area contributed by atoms with Gasteiger partial charge in [0.2, 0.25) is 5.91 Å². The number of rotatable bonds is 30. The fourth-order valence-corrected chi connectivity index (χ4v) is 5.21. The number of carbonyl (C=O) groups excluding carboxylic acids is 1. The topological polar surface area (TPSA) is 49.3 Å².